The van der Waals surface area contributed by atoms with Gasteiger partial charge in [-0.25, -0.2) is 4.57 Å². The van der Waals surface area contributed by atoms with Crippen LogP contribution in [0.15, 0.2) is 0 Å². The van der Waals surface area contributed by atoms with Gasteiger partial charge < -0.3 is 4.89 Å². The molecule has 0 aliphatic carbocycles. The number of rotatable bonds is 2. The molecule has 0 bridgehead atoms. The van der Waals surface area contributed by atoms with E-state index in [0.717, 1.165) is 14.2 Å². The minimum absolute atomic E-state index is 0. The summed E-state index contributed by atoms with van der Waals surface area (Å²) < 4.78 is 18.0. The molecule has 0 spiro atoms. The normalized spacial score (nSPS) is 8.90. The van der Waals surface area contributed by atoms with Gasteiger partial charge >= 0.3 is 7.82 Å². The van der Waals surface area contributed by atoms with Gasteiger partial charge in [0.25, 0.3) is 0 Å². The van der Waals surface area contributed by atoms with Crippen LogP contribution in [0.3, 0.4) is 0 Å². The van der Waals surface area contributed by atoms with Gasteiger partial charge in [0.1, 0.15) is 0 Å². The molecule has 0 amide bonds. The molecule has 0 fully saturated rings. The third kappa shape index (κ3) is 10.9. The first-order valence-corrected chi connectivity index (χ1v) is 3.39. The summed E-state index contributed by atoms with van der Waals surface area (Å²) in [6.07, 6.45) is 0. The van der Waals surface area contributed by atoms with Crippen LogP contribution in [0.4, 0.5) is 4.70 Å². The Morgan fingerprint density at radius 2 is 1.50 bits per heavy atom. The molecule has 6 nitrogen and oxygen atoms in total. The van der Waals surface area contributed by atoms with Crippen LogP contribution < -0.4 is 11.7 Å². The molecule has 0 saturated carbocycles. The lowest BCUT2D eigenvalue weighted by molar-refractivity contribution is 0.204. The van der Waals surface area contributed by atoms with Crippen molar-refractivity contribution in [3.63, 3.8) is 0 Å². The summed E-state index contributed by atoms with van der Waals surface area (Å²) in [5.74, 6) is 8.00. The topological polar surface area (TPSA) is 108 Å². The Morgan fingerprint density at radius 3 is 1.50 bits per heavy atom. The van der Waals surface area contributed by atoms with Crippen molar-refractivity contribution in [3.05, 3.63) is 0 Å². The average molecular weight is 178 g/mol. The highest BCUT2D eigenvalue weighted by molar-refractivity contribution is 7.47. The van der Waals surface area contributed by atoms with E-state index in [0.29, 0.717) is 0 Å². The van der Waals surface area contributed by atoms with Crippen molar-refractivity contribution in [1.82, 2.24) is 0 Å². The summed E-state index contributed by atoms with van der Waals surface area (Å²) in [6.45, 7) is 0. The number of hydrogen-bond acceptors (Lipinski definition) is 5. The van der Waals surface area contributed by atoms with E-state index in [4.69, 9.17) is 4.89 Å². The van der Waals surface area contributed by atoms with Crippen molar-refractivity contribution < 1.29 is 23.2 Å². The first kappa shape index (κ1) is 16.5. The minimum atomic E-state index is -3.65. The molecule has 0 radical (unpaired) electrons. The molecule has 0 aromatic rings. The predicted octanol–water partition coefficient (Wildman–Crippen LogP) is -0.649. The minimum Gasteiger partial charge on any atom is -0.303 e. The number of nitrogens with two attached hydrogens (primary N) is 2. The fourth-order valence-corrected chi connectivity index (χ4v) is 0.224. The number of phosphoric acid groups is 1. The van der Waals surface area contributed by atoms with E-state index in [1.807, 2.05) is 0 Å². The maximum absolute atomic E-state index is 10.1. The lowest BCUT2D eigenvalue weighted by Crippen LogP contribution is -2.02. The van der Waals surface area contributed by atoms with Gasteiger partial charge in [-0.3, -0.25) is 25.4 Å². The zero-order chi connectivity index (χ0) is 7.91. The molecule has 0 heterocycles. The van der Waals surface area contributed by atoms with Crippen LogP contribution in [0.25, 0.3) is 0 Å². The van der Waals surface area contributed by atoms with Crippen molar-refractivity contribution >= 4 is 7.82 Å². The lowest BCUT2D eigenvalue weighted by Gasteiger charge is -2.01. The molecule has 0 aromatic heterocycles. The maximum Gasteiger partial charge on any atom is 0.471 e. The summed E-state index contributed by atoms with van der Waals surface area (Å²) in [6, 6.07) is 0. The first-order valence-electron chi connectivity index (χ1n) is 1.90. The molecular weight excluding hydrogens is 166 g/mol. The van der Waals surface area contributed by atoms with Gasteiger partial charge in [0.2, 0.25) is 0 Å². The third-order valence-corrected chi connectivity index (χ3v) is 1.38. The van der Waals surface area contributed by atoms with E-state index in [1.165, 1.54) is 0 Å². The van der Waals surface area contributed by atoms with E-state index < -0.39 is 7.82 Å². The molecule has 5 N–H and O–H groups in total. The molecule has 66 valence electrons. The lowest BCUT2D eigenvalue weighted by atomic mass is 11.8. The number of hydrazine groups is 1. The fourth-order valence-electron chi connectivity index (χ4n) is 0.0745. The number of halogens is 1. The van der Waals surface area contributed by atoms with Crippen molar-refractivity contribution in [2.75, 3.05) is 14.2 Å². The van der Waals surface area contributed by atoms with E-state index in [9.17, 15) is 4.57 Å². The molecule has 0 aromatic carbocycles. The first-order chi connectivity index (χ1) is 4.12. The van der Waals surface area contributed by atoms with Crippen LogP contribution in [-0.2, 0) is 13.6 Å². The molecular formula is C2H12FN2O4P. The second-order valence-electron chi connectivity index (χ2n) is 0.834. The second kappa shape index (κ2) is 8.96. The average Bonchev–Trinajstić information content (AvgIpc) is 1.93. The molecule has 10 heavy (non-hydrogen) atoms. The summed E-state index contributed by atoms with van der Waals surface area (Å²) in [5.41, 5.74) is 0. The smallest absolute Gasteiger partial charge is 0.303 e. The highest BCUT2D eigenvalue weighted by atomic mass is 31.2. The quantitative estimate of drug-likeness (QED) is 0.294. The molecule has 0 saturated heterocycles. The van der Waals surface area contributed by atoms with Crippen molar-refractivity contribution in [1.29, 1.82) is 0 Å². The maximum atomic E-state index is 10.1. The molecule has 0 rings (SSSR count). The Balaban J connectivity index is -0.000000149. The van der Waals surface area contributed by atoms with Gasteiger partial charge in [-0.05, 0) is 0 Å². The third-order valence-electron chi connectivity index (χ3n) is 0.461. The fraction of sp³-hybridized carbons (Fsp3) is 1.00. The number of hydrogen-bond donors (Lipinski definition) is 3. The van der Waals surface area contributed by atoms with Crippen LogP contribution in [0, 0.1) is 0 Å². The number of phosphoric ester groups is 1. The SMILES string of the molecule is COP(=O)(O)OC.F.NN. The molecule has 0 atom stereocenters. The van der Waals surface area contributed by atoms with Gasteiger partial charge in [-0.2, -0.15) is 0 Å². The van der Waals surface area contributed by atoms with Gasteiger partial charge in [-0.1, -0.05) is 0 Å². The predicted molar refractivity (Wildman–Crippen MR) is 34.7 cm³/mol. The van der Waals surface area contributed by atoms with Crippen LogP contribution in [0.5, 0.6) is 0 Å². The molecule has 8 heteroatoms. The highest BCUT2D eigenvalue weighted by Gasteiger charge is 2.13. The largest absolute Gasteiger partial charge is 0.471 e. The van der Waals surface area contributed by atoms with Crippen LogP contribution in [0.2, 0.25) is 0 Å². The Bertz CT molecular complexity index is 93.3. The van der Waals surface area contributed by atoms with Crippen LogP contribution in [-0.4, -0.2) is 19.1 Å². The van der Waals surface area contributed by atoms with Gasteiger partial charge in [-0.15, -0.1) is 0 Å². The Hall–Kier alpha value is -0.0400. The van der Waals surface area contributed by atoms with Crippen molar-refractivity contribution in [3.8, 4) is 0 Å². The van der Waals surface area contributed by atoms with Crippen LogP contribution in [0.1, 0.15) is 0 Å². The van der Waals surface area contributed by atoms with E-state index >= 15 is 0 Å². The second-order valence-corrected chi connectivity index (χ2v) is 2.50. The summed E-state index contributed by atoms with van der Waals surface area (Å²) in [4.78, 5) is 8.24. The zero-order valence-corrected chi connectivity index (χ0v) is 6.58. The van der Waals surface area contributed by atoms with Crippen LogP contribution >= 0.6 is 7.82 Å². The summed E-state index contributed by atoms with van der Waals surface area (Å²) in [5, 5.41) is 0. The van der Waals surface area contributed by atoms with Crippen molar-refractivity contribution in [2.24, 2.45) is 11.7 Å². The Labute approximate surface area is 58.1 Å². The van der Waals surface area contributed by atoms with Gasteiger partial charge in [0, 0.05) is 14.2 Å². The molecule has 0 aliphatic heterocycles. The van der Waals surface area contributed by atoms with E-state index in [-0.39, 0.29) is 4.70 Å². The van der Waals surface area contributed by atoms with E-state index in [2.05, 4.69) is 20.7 Å². The Morgan fingerprint density at radius 1 is 1.30 bits per heavy atom. The standard InChI is InChI=1S/C2H7O4P.FH.H4N2/c1-5-7(3,4)6-2;;1-2/h1-2H3,(H,3,4);1H;1-2H2. The Kier molecular flexibility index (Phi) is 14.8. The highest BCUT2D eigenvalue weighted by Crippen LogP contribution is 2.40. The molecule has 0 aliphatic rings. The summed E-state index contributed by atoms with van der Waals surface area (Å²) in [7, 11) is -1.45. The van der Waals surface area contributed by atoms with Gasteiger partial charge in [0.05, 0.1) is 0 Å². The summed E-state index contributed by atoms with van der Waals surface area (Å²) >= 11 is 0. The van der Waals surface area contributed by atoms with E-state index in [1.54, 1.807) is 0 Å². The monoisotopic (exact) mass is 178 g/mol. The van der Waals surface area contributed by atoms with Crippen molar-refractivity contribution in [2.45, 2.75) is 0 Å². The zero-order valence-electron chi connectivity index (χ0n) is 5.68. The van der Waals surface area contributed by atoms with Gasteiger partial charge in [0.15, 0.2) is 0 Å². The molecule has 0 unspecified atom stereocenters.